The largest absolute Gasteiger partial charge is 0.493 e. The van der Waals surface area contributed by atoms with Crippen LogP contribution in [-0.4, -0.2) is 25.7 Å². The summed E-state index contributed by atoms with van der Waals surface area (Å²) in [7, 11) is 3.30. The van der Waals surface area contributed by atoms with Gasteiger partial charge in [0.2, 0.25) is 0 Å². The van der Waals surface area contributed by atoms with E-state index in [4.69, 9.17) is 9.47 Å². The summed E-state index contributed by atoms with van der Waals surface area (Å²) in [5.74, 6) is 1.48. The first-order valence-corrected chi connectivity index (χ1v) is 7.76. The molecular formula is C16H18N2O2S. The van der Waals surface area contributed by atoms with E-state index in [1.807, 2.05) is 30.4 Å². The minimum atomic E-state index is 0.736. The smallest absolute Gasteiger partial charge is 0.167 e. The number of para-hydroxylation sites is 1. The van der Waals surface area contributed by atoms with E-state index in [1.165, 1.54) is 10.7 Å². The van der Waals surface area contributed by atoms with Crippen LogP contribution >= 0.6 is 11.3 Å². The zero-order valence-electron chi connectivity index (χ0n) is 12.2. The topological polar surface area (TPSA) is 43.4 Å². The summed E-state index contributed by atoms with van der Waals surface area (Å²) < 4.78 is 10.7. The van der Waals surface area contributed by atoms with Crippen LogP contribution in [0.4, 0.5) is 5.00 Å². The molecule has 1 aliphatic rings. The predicted molar refractivity (Wildman–Crippen MR) is 87.4 cm³/mol. The van der Waals surface area contributed by atoms with E-state index in [1.54, 1.807) is 25.6 Å². The molecule has 21 heavy (non-hydrogen) atoms. The van der Waals surface area contributed by atoms with Gasteiger partial charge in [-0.3, -0.25) is 0 Å². The van der Waals surface area contributed by atoms with E-state index in [0.717, 1.165) is 41.5 Å². The Labute approximate surface area is 128 Å². The highest BCUT2D eigenvalue weighted by atomic mass is 32.1. The van der Waals surface area contributed by atoms with Crippen LogP contribution in [0.1, 0.15) is 22.7 Å². The van der Waals surface area contributed by atoms with Crippen LogP contribution in [0.5, 0.6) is 11.5 Å². The molecule has 0 saturated heterocycles. The van der Waals surface area contributed by atoms with Gasteiger partial charge in [-0.15, -0.1) is 0 Å². The van der Waals surface area contributed by atoms with E-state index in [0.29, 0.717) is 0 Å². The Hall–Kier alpha value is -2.01. The van der Waals surface area contributed by atoms with E-state index in [2.05, 4.69) is 10.3 Å². The molecule has 0 radical (unpaired) electrons. The van der Waals surface area contributed by atoms with E-state index >= 15 is 0 Å². The van der Waals surface area contributed by atoms with Crippen molar-refractivity contribution in [3.8, 4) is 11.5 Å². The molecule has 4 nitrogen and oxygen atoms in total. The summed E-state index contributed by atoms with van der Waals surface area (Å²) in [6.45, 7) is 1.04. The Bertz CT molecular complexity index is 641. The van der Waals surface area contributed by atoms with Crippen molar-refractivity contribution < 1.29 is 9.47 Å². The molecule has 1 aliphatic heterocycles. The number of anilines is 1. The number of aromatic nitrogens is 1. The van der Waals surface area contributed by atoms with Crippen LogP contribution in [0.15, 0.2) is 18.2 Å². The van der Waals surface area contributed by atoms with Gasteiger partial charge in [0, 0.05) is 12.1 Å². The van der Waals surface area contributed by atoms with Crippen molar-refractivity contribution >= 4 is 28.5 Å². The van der Waals surface area contributed by atoms with Gasteiger partial charge < -0.3 is 14.8 Å². The number of fused-ring (bicyclic) bond motifs is 1. The minimum Gasteiger partial charge on any atom is -0.493 e. The highest BCUT2D eigenvalue weighted by molar-refractivity contribution is 7.16. The zero-order chi connectivity index (χ0) is 14.7. The van der Waals surface area contributed by atoms with Gasteiger partial charge in [0.1, 0.15) is 10.0 Å². The maximum atomic E-state index is 5.43. The molecule has 0 aliphatic carbocycles. The number of thiazole rings is 1. The molecule has 3 rings (SSSR count). The second-order valence-corrected chi connectivity index (χ2v) is 5.80. The number of benzene rings is 1. The zero-order valence-corrected chi connectivity index (χ0v) is 13.0. The van der Waals surface area contributed by atoms with Crippen LogP contribution < -0.4 is 14.8 Å². The lowest BCUT2D eigenvalue weighted by atomic mass is 10.1. The van der Waals surface area contributed by atoms with Crippen LogP contribution in [0, 0.1) is 0 Å². The quantitative estimate of drug-likeness (QED) is 0.935. The highest BCUT2D eigenvalue weighted by Gasteiger charge is 2.13. The summed E-state index contributed by atoms with van der Waals surface area (Å²) in [4.78, 5) is 4.66. The first kappa shape index (κ1) is 13.9. The van der Waals surface area contributed by atoms with Gasteiger partial charge in [-0.2, -0.15) is 0 Å². The molecule has 0 amide bonds. The molecule has 1 aromatic heterocycles. The van der Waals surface area contributed by atoms with Gasteiger partial charge in [0.15, 0.2) is 11.5 Å². The fraction of sp³-hybridized carbons (Fsp3) is 0.312. The third-order valence-corrected chi connectivity index (χ3v) is 4.45. The summed E-state index contributed by atoms with van der Waals surface area (Å²) >= 11 is 1.70. The first-order valence-electron chi connectivity index (χ1n) is 6.94. The van der Waals surface area contributed by atoms with Gasteiger partial charge in [-0.05, 0) is 31.1 Å². The standard InChI is InChI=1S/C16H18N2O2S/c1-19-13-7-3-5-11(15(13)20-2)8-9-14-18-12-6-4-10-17-16(12)21-14/h3,5,7-9,17H,4,6,10H2,1-2H3. The maximum Gasteiger partial charge on any atom is 0.167 e. The van der Waals surface area contributed by atoms with E-state index in [9.17, 15) is 0 Å². The Morgan fingerprint density at radius 2 is 2.14 bits per heavy atom. The predicted octanol–water partition coefficient (Wildman–Crippen LogP) is 3.69. The molecule has 1 aromatic carbocycles. The van der Waals surface area contributed by atoms with Gasteiger partial charge in [-0.25, -0.2) is 4.98 Å². The molecule has 2 heterocycles. The Balaban J connectivity index is 1.87. The molecule has 0 spiro atoms. The minimum absolute atomic E-state index is 0.736. The molecule has 5 heteroatoms. The SMILES string of the molecule is COc1cccc(C=Cc2nc3c(s2)NCCC3)c1OC. The monoisotopic (exact) mass is 302 g/mol. The third kappa shape index (κ3) is 2.88. The molecule has 0 bridgehead atoms. The van der Waals surface area contributed by atoms with E-state index in [-0.39, 0.29) is 0 Å². The normalized spacial score (nSPS) is 13.8. The van der Waals surface area contributed by atoms with Gasteiger partial charge in [-0.1, -0.05) is 23.5 Å². The van der Waals surface area contributed by atoms with Crippen molar-refractivity contribution in [3.63, 3.8) is 0 Å². The fourth-order valence-electron chi connectivity index (χ4n) is 2.41. The lowest BCUT2D eigenvalue weighted by Crippen LogP contribution is -2.09. The number of nitrogens with zero attached hydrogens (tertiary/aromatic N) is 1. The number of hydrogen-bond donors (Lipinski definition) is 1. The van der Waals surface area contributed by atoms with Gasteiger partial charge in [0.25, 0.3) is 0 Å². The number of rotatable bonds is 4. The van der Waals surface area contributed by atoms with Crippen molar-refractivity contribution in [3.05, 3.63) is 34.5 Å². The lowest BCUT2D eigenvalue weighted by molar-refractivity contribution is 0.354. The average Bonchev–Trinajstić information content (AvgIpc) is 2.95. The summed E-state index contributed by atoms with van der Waals surface area (Å²) in [5, 5.41) is 5.62. The second-order valence-electron chi connectivity index (χ2n) is 4.77. The summed E-state index contributed by atoms with van der Waals surface area (Å²) in [6.07, 6.45) is 6.27. The number of ether oxygens (including phenoxy) is 2. The van der Waals surface area contributed by atoms with Crippen LogP contribution in [0.2, 0.25) is 0 Å². The molecule has 2 aromatic rings. The molecule has 110 valence electrons. The van der Waals surface area contributed by atoms with Crippen molar-refractivity contribution in [1.29, 1.82) is 0 Å². The maximum absolute atomic E-state index is 5.43. The Kier molecular flexibility index (Phi) is 4.10. The number of methoxy groups -OCH3 is 2. The van der Waals surface area contributed by atoms with E-state index < -0.39 is 0 Å². The number of aryl methyl sites for hydroxylation is 1. The van der Waals surface area contributed by atoms with Crippen LogP contribution in [0.25, 0.3) is 12.2 Å². The Morgan fingerprint density at radius 1 is 1.24 bits per heavy atom. The summed E-state index contributed by atoms with van der Waals surface area (Å²) in [6, 6.07) is 5.85. The lowest BCUT2D eigenvalue weighted by Gasteiger charge is -2.10. The van der Waals surface area contributed by atoms with Gasteiger partial charge in [0.05, 0.1) is 19.9 Å². The molecular weight excluding hydrogens is 284 g/mol. The van der Waals surface area contributed by atoms with Crippen molar-refractivity contribution in [2.24, 2.45) is 0 Å². The molecule has 1 N–H and O–H groups in total. The van der Waals surface area contributed by atoms with Crippen LogP contribution in [-0.2, 0) is 6.42 Å². The van der Waals surface area contributed by atoms with Gasteiger partial charge >= 0.3 is 0 Å². The molecule has 0 saturated carbocycles. The molecule has 0 atom stereocenters. The third-order valence-electron chi connectivity index (χ3n) is 3.43. The molecule has 0 unspecified atom stereocenters. The van der Waals surface area contributed by atoms with Crippen molar-refractivity contribution in [1.82, 2.24) is 4.98 Å². The average molecular weight is 302 g/mol. The Morgan fingerprint density at radius 3 is 2.90 bits per heavy atom. The van der Waals surface area contributed by atoms with Crippen molar-refractivity contribution in [2.75, 3.05) is 26.1 Å². The number of hydrogen-bond acceptors (Lipinski definition) is 5. The fourth-order valence-corrected chi connectivity index (χ4v) is 3.35. The first-order chi connectivity index (χ1) is 10.3. The molecule has 0 fully saturated rings. The highest BCUT2D eigenvalue weighted by Crippen LogP contribution is 2.33. The number of nitrogens with one attached hydrogen (secondary N) is 1. The van der Waals surface area contributed by atoms with Crippen molar-refractivity contribution in [2.45, 2.75) is 12.8 Å². The second kappa shape index (κ2) is 6.18. The van der Waals surface area contributed by atoms with Crippen LogP contribution in [0.3, 0.4) is 0 Å². The summed E-state index contributed by atoms with van der Waals surface area (Å²) in [5.41, 5.74) is 2.17.